The zero-order valence-corrected chi connectivity index (χ0v) is 35.6. The van der Waals surface area contributed by atoms with Crippen LogP contribution in [0.5, 0.6) is 0 Å². The number of unbranched alkanes of at least 4 members (excludes halogenated alkanes) is 1. The third kappa shape index (κ3) is 20.5. The van der Waals surface area contributed by atoms with Gasteiger partial charge in [-0.3, -0.25) is 9.09 Å². The lowest BCUT2D eigenvalue weighted by atomic mass is 10.1. The van der Waals surface area contributed by atoms with Crippen LogP contribution in [-0.4, -0.2) is 110 Å². The molecule has 6 atom stereocenters. The Balaban J connectivity index is 1.90. The molecule has 0 spiro atoms. The van der Waals surface area contributed by atoms with Crippen molar-refractivity contribution in [2.75, 3.05) is 63.9 Å². The number of nitrogens with two attached hydrogens (primary N) is 1. The van der Waals surface area contributed by atoms with E-state index in [1.165, 1.54) is 6.20 Å². The lowest BCUT2D eigenvalue weighted by Gasteiger charge is -2.22. The number of aromatic nitrogens is 2. The van der Waals surface area contributed by atoms with Gasteiger partial charge in [0.05, 0.1) is 37.4 Å². The number of methoxy groups -OCH3 is 1. The van der Waals surface area contributed by atoms with E-state index in [9.17, 15) is 33.1 Å². The fraction of sp³-hybridized carbons (Fsp3) is 0.731. The summed E-state index contributed by atoms with van der Waals surface area (Å²) in [6.07, 6.45) is 1.23. The summed E-state index contributed by atoms with van der Waals surface area (Å²) < 4.78 is 75.5. The van der Waals surface area contributed by atoms with Crippen LogP contribution in [0.25, 0.3) is 0 Å². The standard InChI is InChI=1S/C26H45N4O17P3S4/c1-26(2,9-13-40-3)53-52-17-41-11-5-6-12-42-25(32)28-10-7-8-19-15-30(24(31)29-23(19)27)22-14-20(43-18-54(4)51)21(45-22)16-44-49(36,37)47-50(38,39)46-48(33,34)35/h15,20-22H,5-6,9-14,16-18H2,1-4H3,(H,28,32)(H,36,37)(H,38,39)(H2,27,29,31)(H2,33,34,35)/t20-,21+,22+,54?/m0/s1. The smallest absolute Gasteiger partial charge is 0.450 e. The minimum atomic E-state index is -5.75. The van der Waals surface area contributed by atoms with Crippen molar-refractivity contribution < 1.29 is 74.9 Å². The van der Waals surface area contributed by atoms with E-state index in [1.807, 2.05) is 0 Å². The third-order valence-corrected chi connectivity index (χ3v) is 14.1. The average molecular weight is 907 g/mol. The molecule has 0 aliphatic carbocycles. The van der Waals surface area contributed by atoms with Gasteiger partial charge in [-0.25, -0.2) is 23.3 Å². The van der Waals surface area contributed by atoms with Crippen molar-refractivity contribution >= 4 is 77.6 Å². The molecule has 7 N–H and O–H groups in total. The van der Waals surface area contributed by atoms with Crippen LogP contribution in [0.2, 0.25) is 0 Å². The Morgan fingerprint density at radius 1 is 1.19 bits per heavy atom. The van der Waals surface area contributed by atoms with Crippen LogP contribution in [-0.2, 0) is 71.2 Å². The molecule has 1 aliphatic heterocycles. The van der Waals surface area contributed by atoms with Crippen LogP contribution in [0.4, 0.5) is 10.6 Å². The van der Waals surface area contributed by atoms with Gasteiger partial charge in [0.2, 0.25) is 0 Å². The molecule has 1 aromatic heterocycles. The molecule has 1 fully saturated rings. The molecule has 54 heavy (non-hydrogen) atoms. The van der Waals surface area contributed by atoms with Gasteiger partial charge in [-0.2, -0.15) is 13.6 Å². The fourth-order valence-electron chi connectivity index (χ4n) is 4.08. The predicted octanol–water partition coefficient (Wildman–Crippen LogP) is 2.54. The fourth-order valence-corrected chi connectivity index (χ4v) is 9.92. The Bertz CT molecular complexity index is 1670. The molecule has 310 valence electrons. The molecule has 2 rings (SSSR count). The third-order valence-electron chi connectivity index (χ3n) is 6.52. The zero-order valence-electron chi connectivity index (χ0n) is 29.6. The molecule has 0 bridgehead atoms. The highest BCUT2D eigenvalue weighted by atomic mass is 33.1. The second-order valence-electron chi connectivity index (χ2n) is 11.6. The minimum absolute atomic E-state index is 0.0411. The number of alkyl carbamates (subject to hydrolysis) is 1. The predicted molar refractivity (Wildman–Crippen MR) is 204 cm³/mol. The topological polar surface area (TPSA) is 296 Å². The zero-order chi connectivity index (χ0) is 40.6. The number of carbonyl (C=O) groups excluding carboxylic acids is 1. The molecule has 21 nitrogen and oxygen atoms in total. The number of nitrogens with zero attached hydrogens (tertiary/aromatic N) is 2. The highest BCUT2D eigenvalue weighted by Crippen LogP contribution is 2.66. The SMILES string of the molecule is COCCC(C)(C)SSCOCCCCOC(=O)NCC#Cc1cn([C@H]2C[C@H](OCS(C)=S)[C@@H](COP(=O)(O)OP(=O)(O)OP(=O)(O)O)O2)c(=O)nc1N. The Morgan fingerprint density at radius 2 is 1.89 bits per heavy atom. The van der Waals surface area contributed by atoms with Gasteiger partial charge in [0.1, 0.15) is 24.1 Å². The van der Waals surface area contributed by atoms with Gasteiger partial charge in [0.25, 0.3) is 0 Å². The van der Waals surface area contributed by atoms with Crippen LogP contribution < -0.4 is 16.7 Å². The van der Waals surface area contributed by atoms with Crippen LogP contribution in [0.1, 0.15) is 51.3 Å². The molecular weight excluding hydrogens is 861 g/mol. The molecule has 0 aromatic carbocycles. The van der Waals surface area contributed by atoms with Gasteiger partial charge in [-0.15, -0.1) is 0 Å². The molecule has 1 aliphatic rings. The number of hydrogen-bond donors (Lipinski definition) is 6. The first-order chi connectivity index (χ1) is 25.1. The number of carbonyl (C=O) groups is 1. The van der Waals surface area contributed by atoms with Crippen molar-refractivity contribution in [3.8, 4) is 11.8 Å². The summed E-state index contributed by atoms with van der Waals surface area (Å²) in [5.74, 6) is 5.76. The van der Waals surface area contributed by atoms with Gasteiger partial charge >= 0.3 is 35.3 Å². The second-order valence-corrected chi connectivity index (χ2v) is 22.1. The molecule has 1 saturated heterocycles. The maximum absolute atomic E-state index is 12.8. The van der Waals surface area contributed by atoms with Crippen molar-refractivity contribution in [3.05, 3.63) is 22.2 Å². The van der Waals surface area contributed by atoms with Crippen molar-refractivity contribution in [1.82, 2.24) is 14.9 Å². The molecule has 0 radical (unpaired) electrons. The lowest BCUT2D eigenvalue weighted by molar-refractivity contribution is -0.0544. The molecule has 28 heteroatoms. The monoisotopic (exact) mass is 906 g/mol. The van der Waals surface area contributed by atoms with E-state index in [-0.39, 0.29) is 41.6 Å². The first kappa shape index (κ1) is 49.2. The number of nitrogens with one attached hydrogen (secondary N) is 1. The van der Waals surface area contributed by atoms with Gasteiger partial charge in [0.15, 0.2) is 0 Å². The van der Waals surface area contributed by atoms with E-state index in [1.54, 1.807) is 35.0 Å². The number of phosphoric ester groups is 1. The average Bonchev–Trinajstić information content (AvgIpc) is 3.45. The molecule has 0 saturated carbocycles. The number of rotatable bonds is 24. The molecule has 1 amide bonds. The number of nitrogen functional groups attached to an aromatic ring is 1. The number of anilines is 1. The van der Waals surface area contributed by atoms with Gasteiger partial charge in [-0.05, 0) is 50.6 Å². The quantitative estimate of drug-likeness (QED) is 0.0286. The maximum atomic E-state index is 12.8. The van der Waals surface area contributed by atoms with E-state index in [2.05, 4.69) is 44.6 Å². The Morgan fingerprint density at radius 3 is 2.56 bits per heavy atom. The van der Waals surface area contributed by atoms with Gasteiger partial charge < -0.3 is 54.3 Å². The Labute approximate surface area is 326 Å². The maximum Gasteiger partial charge on any atom is 0.490 e. The normalized spacial score (nSPS) is 20.3. The number of amides is 1. The highest BCUT2D eigenvalue weighted by Gasteiger charge is 2.43. The van der Waals surface area contributed by atoms with E-state index in [4.69, 9.17) is 54.9 Å². The summed E-state index contributed by atoms with van der Waals surface area (Å²) in [4.78, 5) is 65.3. The molecular formula is C26H45N4O17P3S4. The summed E-state index contributed by atoms with van der Waals surface area (Å²) in [5, 5.41) is 2.48. The first-order valence-corrected chi connectivity index (χ1v) is 25.2. The van der Waals surface area contributed by atoms with Crippen LogP contribution in [0, 0.1) is 11.8 Å². The van der Waals surface area contributed by atoms with Crippen LogP contribution in [0.15, 0.2) is 11.0 Å². The first-order valence-electron chi connectivity index (χ1n) is 15.6. The van der Waals surface area contributed by atoms with Crippen LogP contribution >= 0.6 is 45.1 Å². The summed E-state index contributed by atoms with van der Waals surface area (Å²) in [6.45, 7) is 4.74. The number of phosphoric acid groups is 3. The minimum Gasteiger partial charge on any atom is -0.450 e. The summed E-state index contributed by atoms with van der Waals surface area (Å²) in [6, 6.07) is 0. The van der Waals surface area contributed by atoms with Gasteiger partial charge in [0, 0.05) is 37.7 Å². The molecule has 3 unspecified atom stereocenters. The van der Waals surface area contributed by atoms with E-state index in [0.29, 0.717) is 32.0 Å². The number of ether oxygens (including phenoxy) is 5. The largest absolute Gasteiger partial charge is 0.490 e. The van der Waals surface area contributed by atoms with E-state index < -0.39 is 69.7 Å². The van der Waals surface area contributed by atoms with Crippen molar-refractivity contribution in [2.24, 2.45) is 0 Å². The Kier molecular flexibility index (Phi) is 21.3. The number of hydrogen-bond acceptors (Lipinski definition) is 18. The van der Waals surface area contributed by atoms with E-state index in [0.717, 1.165) is 11.0 Å². The van der Waals surface area contributed by atoms with Crippen molar-refractivity contribution in [1.29, 1.82) is 0 Å². The van der Waals surface area contributed by atoms with Crippen LogP contribution in [0.3, 0.4) is 0 Å². The summed E-state index contributed by atoms with van der Waals surface area (Å²) >= 11 is 5.14. The highest BCUT2D eigenvalue weighted by molar-refractivity contribution is 8.77. The van der Waals surface area contributed by atoms with Crippen molar-refractivity contribution in [3.63, 3.8) is 0 Å². The molecule has 2 heterocycles. The summed E-state index contributed by atoms with van der Waals surface area (Å²) in [5.41, 5.74) is 5.14. The Hall–Kier alpha value is -0.970. The lowest BCUT2D eigenvalue weighted by Crippen LogP contribution is -2.30. The molecule has 1 aromatic rings. The van der Waals surface area contributed by atoms with E-state index >= 15 is 0 Å². The van der Waals surface area contributed by atoms with Crippen molar-refractivity contribution in [2.45, 2.75) is 62.7 Å². The second kappa shape index (κ2) is 23.4. The van der Waals surface area contributed by atoms with Gasteiger partial charge in [-0.1, -0.05) is 42.9 Å². The summed E-state index contributed by atoms with van der Waals surface area (Å²) in [7, 11) is -12.4.